The molecule has 0 amide bonds. The normalized spacial score (nSPS) is 33.2. The van der Waals surface area contributed by atoms with Gasteiger partial charge in [-0.2, -0.15) is 17.4 Å². The molecule has 0 bridgehead atoms. The Bertz CT molecular complexity index is 399. The lowest BCUT2D eigenvalue weighted by Crippen LogP contribution is -2.50. The highest BCUT2D eigenvalue weighted by molar-refractivity contribution is 7.87. The van der Waals surface area contributed by atoms with Crippen LogP contribution in [0, 0.1) is 11.8 Å². The average Bonchev–Trinajstić information content (AvgIpc) is 2.47. The maximum Gasteiger partial charge on any atom is 0.279 e. The van der Waals surface area contributed by atoms with E-state index in [4.69, 9.17) is 5.73 Å². The molecule has 2 rings (SSSR count). The molecule has 2 fully saturated rings. The first-order valence-electron chi connectivity index (χ1n) is 8.02. The van der Waals surface area contributed by atoms with Crippen molar-refractivity contribution < 1.29 is 8.42 Å². The van der Waals surface area contributed by atoms with Crippen molar-refractivity contribution in [1.29, 1.82) is 0 Å². The monoisotopic (exact) mass is 303 g/mol. The summed E-state index contributed by atoms with van der Waals surface area (Å²) >= 11 is 0. The van der Waals surface area contributed by atoms with Crippen LogP contribution in [0.15, 0.2) is 0 Å². The Labute approximate surface area is 123 Å². The van der Waals surface area contributed by atoms with E-state index >= 15 is 0 Å². The Balaban J connectivity index is 1.92. The quantitative estimate of drug-likeness (QED) is 0.807. The second-order valence-corrected chi connectivity index (χ2v) is 8.06. The third kappa shape index (κ3) is 4.16. The molecule has 0 radical (unpaired) electrons. The largest absolute Gasteiger partial charge is 0.330 e. The highest BCUT2D eigenvalue weighted by Gasteiger charge is 2.31. The molecule has 1 heterocycles. The van der Waals surface area contributed by atoms with Gasteiger partial charge in [-0.3, -0.25) is 0 Å². The van der Waals surface area contributed by atoms with Crippen molar-refractivity contribution in [3.8, 4) is 0 Å². The molecule has 1 aliphatic carbocycles. The molecular formula is C14H29N3O2S. The number of hydrogen-bond donors (Lipinski definition) is 2. The minimum atomic E-state index is -3.33. The number of nitrogens with two attached hydrogens (primary N) is 1. The van der Waals surface area contributed by atoms with Crippen LogP contribution in [-0.2, 0) is 10.2 Å². The van der Waals surface area contributed by atoms with Gasteiger partial charge in [-0.1, -0.05) is 26.2 Å². The fourth-order valence-electron chi connectivity index (χ4n) is 3.49. The van der Waals surface area contributed by atoms with Gasteiger partial charge in [0.25, 0.3) is 10.2 Å². The maximum absolute atomic E-state index is 12.5. The molecular weight excluding hydrogens is 274 g/mol. The maximum atomic E-state index is 12.5. The van der Waals surface area contributed by atoms with Gasteiger partial charge in [-0.25, -0.2) is 0 Å². The molecule has 3 N–H and O–H groups in total. The minimum absolute atomic E-state index is 0.122. The Morgan fingerprint density at radius 2 is 1.95 bits per heavy atom. The van der Waals surface area contributed by atoms with Gasteiger partial charge in [0, 0.05) is 19.1 Å². The van der Waals surface area contributed by atoms with Gasteiger partial charge in [0.15, 0.2) is 0 Å². The van der Waals surface area contributed by atoms with Gasteiger partial charge in [-0.05, 0) is 44.1 Å². The van der Waals surface area contributed by atoms with Crippen LogP contribution in [0.1, 0.15) is 51.9 Å². The van der Waals surface area contributed by atoms with E-state index in [0.29, 0.717) is 31.5 Å². The zero-order valence-electron chi connectivity index (χ0n) is 12.6. The zero-order chi connectivity index (χ0) is 14.6. The van der Waals surface area contributed by atoms with Crippen LogP contribution in [0.25, 0.3) is 0 Å². The fraction of sp³-hybridized carbons (Fsp3) is 1.00. The van der Waals surface area contributed by atoms with Crippen LogP contribution in [0.5, 0.6) is 0 Å². The third-order valence-electron chi connectivity index (χ3n) is 4.83. The number of nitrogens with zero attached hydrogens (tertiary/aromatic N) is 1. The van der Waals surface area contributed by atoms with Crippen LogP contribution in [-0.4, -0.2) is 38.4 Å². The molecule has 118 valence electrons. The van der Waals surface area contributed by atoms with Gasteiger partial charge < -0.3 is 5.73 Å². The Kier molecular flexibility index (Phi) is 5.84. The number of piperidine rings is 1. The summed E-state index contributed by atoms with van der Waals surface area (Å²) in [7, 11) is -3.33. The smallest absolute Gasteiger partial charge is 0.279 e. The van der Waals surface area contributed by atoms with Crippen molar-refractivity contribution in [2.24, 2.45) is 17.6 Å². The first kappa shape index (κ1) is 16.2. The summed E-state index contributed by atoms with van der Waals surface area (Å²) in [6.07, 6.45) is 7.46. The van der Waals surface area contributed by atoms with Crippen LogP contribution >= 0.6 is 0 Å². The second kappa shape index (κ2) is 7.20. The van der Waals surface area contributed by atoms with Crippen molar-refractivity contribution in [3.63, 3.8) is 0 Å². The predicted octanol–water partition coefficient (Wildman–Crippen LogP) is 1.46. The average molecular weight is 303 g/mol. The lowest BCUT2D eigenvalue weighted by Gasteiger charge is -2.34. The van der Waals surface area contributed by atoms with Gasteiger partial charge in [-0.15, -0.1) is 0 Å². The Morgan fingerprint density at radius 3 is 2.65 bits per heavy atom. The van der Waals surface area contributed by atoms with Crippen molar-refractivity contribution in [2.45, 2.75) is 57.9 Å². The summed E-state index contributed by atoms with van der Waals surface area (Å²) in [4.78, 5) is 0. The van der Waals surface area contributed by atoms with Gasteiger partial charge in [0.1, 0.15) is 0 Å². The van der Waals surface area contributed by atoms with Crippen molar-refractivity contribution >= 4 is 10.2 Å². The van der Waals surface area contributed by atoms with E-state index in [0.717, 1.165) is 38.5 Å². The molecule has 3 atom stereocenters. The topological polar surface area (TPSA) is 75.4 Å². The predicted molar refractivity (Wildman–Crippen MR) is 81.4 cm³/mol. The second-order valence-electron chi connectivity index (χ2n) is 6.36. The van der Waals surface area contributed by atoms with E-state index < -0.39 is 10.2 Å². The van der Waals surface area contributed by atoms with E-state index in [1.54, 1.807) is 4.31 Å². The summed E-state index contributed by atoms with van der Waals surface area (Å²) < 4.78 is 29.5. The number of nitrogens with one attached hydrogen (secondary N) is 1. The Morgan fingerprint density at radius 1 is 1.20 bits per heavy atom. The molecule has 2 aliphatic rings. The van der Waals surface area contributed by atoms with Crippen LogP contribution in [0.2, 0.25) is 0 Å². The molecule has 20 heavy (non-hydrogen) atoms. The fourth-order valence-corrected chi connectivity index (χ4v) is 5.05. The molecule has 0 spiro atoms. The zero-order valence-corrected chi connectivity index (χ0v) is 13.4. The lowest BCUT2D eigenvalue weighted by molar-refractivity contribution is 0.258. The lowest BCUT2D eigenvalue weighted by atomic mass is 9.85. The summed E-state index contributed by atoms with van der Waals surface area (Å²) in [6, 6.07) is 0.122. The van der Waals surface area contributed by atoms with Crippen LogP contribution in [0.4, 0.5) is 0 Å². The van der Waals surface area contributed by atoms with E-state index in [9.17, 15) is 8.42 Å². The molecule has 1 saturated carbocycles. The standard InChI is InChI=1S/C14H29N3O2S/c1-2-12-5-3-7-14(9-12)16-20(18,19)17-8-4-6-13(10-15)11-17/h12-14,16H,2-11,15H2,1H3. The van der Waals surface area contributed by atoms with Crippen molar-refractivity contribution in [1.82, 2.24) is 9.03 Å². The highest BCUT2D eigenvalue weighted by Crippen LogP contribution is 2.27. The molecule has 0 aromatic carbocycles. The molecule has 1 aliphatic heterocycles. The van der Waals surface area contributed by atoms with Crippen molar-refractivity contribution in [2.75, 3.05) is 19.6 Å². The van der Waals surface area contributed by atoms with Crippen molar-refractivity contribution in [3.05, 3.63) is 0 Å². The van der Waals surface area contributed by atoms with E-state index in [1.165, 1.54) is 6.42 Å². The molecule has 1 saturated heterocycles. The molecule has 0 aromatic heterocycles. The SMILES string of the molecule is CCC1CCCC(NS(=O)(=O)N2CCCC(CN)C2)C1. The van der Waals surface area contributed by atoms with Crippen LogP contribution < -0.4 is 10.5 Å². The highest BCUT2D eigenvalue weighted by atomic mass is 32.2. The molecule has 5 nitrogen and oxygen atoms in total. The van der Waals surface area contributed by atoms with E-state index in [2.05, 4.69) is 11.6 Å². The van der Waals surface area contributed by atoms with E-state index in [-0.39, 0.29) is 6.04 Å². The first-order valence-corrected chi connectivity index (χ1v) is 9.46. The first-order chi connectivity index (χ1) is 9.55. The number of rotatable bonds is 5. The molecule has 3 unspecified atom stereocenters. The van der Waals surface area contributed by atoms with Gasteiger partial charge in [0.05, 0.1) is 0 Å². The molecule has 0 aromatic rings. The number of hydrogen-bond acceptors (Lipinski definition) is 3. The third-order valence-corrected chi connectivity index (χ3v) is 6.47. The summed E-state index contributed by atoms with van der Waals surface area (Å²) in [5.41, 5.74) is 5.69. The molecule has 6 heteroatoms. The van der Waals surface area contributed by atoms with Crippen LogP contribution in [0.3, 0.4) is 0 Å². The summed E-state index contributed by atoms with van der Waals surface area (Å²) in [6.45, 7) is 3.98. The van der Waals surface area contributed by atoms with E-state index in [1.807, 2.05) is 0 Å². The van der Waals surface area contributed by atoms with Gasteiger partial charge >= 0.3 is 0 Å². The Hall–Kier alpha value is -0.170. The summed E-state index contributed by atoms with van der Waals surface area (Å²) in [5, 5.41) is 0. The van der Waals surface area contributed by atoms with Gasteiger partial charge in [0.2, 0.25) is 0 Å². The summed E-state index contributed by atoms with van der Waals surface area (Å²) in [5.74, 6) is 0.990. The minimum Gasteiger partial charge on any atom is -0.330 e.